The van der Waals surface area contributed by atoms with E-state index in [-0.39, 0.29) is 5.91 Å². The Morgan fingerprint density at radius 1 is 1.47 bits per heavy atom. The minimum absolute atomic E-state index is 0.0282. The number of hydrogen-bond donors (Lipinski definition) is 1. The molecule has 1 fully saturated rings. The van der Waals surface area contributed by atoms with Gasteiger partial charge in [0, 0.05) is 11.1 Å². The molecular weight excluding hydrogens is 232 g/mol. The number of nitrogens with one attached hydrogen (secondary N) is 1. The van der Waals surface area contributed by atoms with Gasteiger partial charge >= 0.3 is 0 Å². The molecule has 1 N–H and O–H groups in total. The number of hydrogen-bond acceptors (Lipinski definition) is 3. The molecule has 0 radical (unpaired) electrons. The Morgan fingerprint density at radius 3 is 3.00 bits per heavy atom. The molecule has 1 amide bonds. The SMILES string of the molecule is O=C(Cc1cccs1)N/N=C/C1CCCCC1. The predicted octanol–water partition coefficient (Wildman–Crippen LogP) is 2.97. The molecule has 0 spiro atoms. The van der Waals surface area contributed by atoms with E-state index in [0.29, 0.717) is 12.3 Å². The van der Waals surface area contributed by atoms with E-state index >= 15 is 0 Å². The predicted molar refractivity (Wildman–Crippen MR) is 71.2 cm³/mol. The van der Waals surface area contributed by atoms with Crippen LogP contribution in [-0.2, 0) is 11.2 Å². The smallest absolute Gasteiger partial charge is 0.245 e. The molecule has 3 nitrogen and oxygen atoms in total. The average molecular weight is 250 g/mol. The zero-order valence-electron chi connectivity index (χ0n) is 9.89. The van der Waals surface area contributed by atoms with Gasteiger partial charge in [-0.1, -0.05) is 25.3 Å². The Balaban J connectivity index is 1.70. The third-order valence-corrected chi connectivity index (χ3v) is 3.92. The Hall–Kier alpha value is -1.16. The van der Waals surface area contributed by atoms with E-state index in [1.165, 1.54) is 32.1 Å². The summed E-state index contributed by atoms with van der Waals surface area (Å²) in [6.07, 6.45) is 8.69. The van der Waals surface area contributed by atoms with Crippen molar-refractivity contribution in [2.75, 3.05) is 0 Å². The van der Waals surface area contributed by atoms with Crippen molar-refractivity contribution in [3.05, 3.63) is 22.4 Å². The third kappa shape index (κ3) is 4.30. The van der Waals surface area contributed by atoms with Gasteiger partial charge in [0.2, 0.25) is 5.91 Å². The largest absolute Gasteiger partial charge is 0.273 e. The summed E-state index contributed by atoms with van der Waals surface area (Å²) in [5, 5.41) is 6.04. The van der Waals surface area contributed by atoms with Crippen LogP contribution in [0.5, 0.6) is 0 Å². The molecule has 0 bridgehead atoms. The number of hydrazone groups is 1. The van der Waals surface area contributed by atoms with E-state index in [1.807, 2.05) is 23.7 Å². The minimum atomic E-state index is -0.0282. The van der Waals surface area contributed by atoms with Crippen molar-refractivity contribution in [1.82, 2.24) is 5.43 Å². The maximum Gasteiger partial charge on any atom is 0.245 e. The molecule has 92 valence electrons. The van der Waals surface area contributed by atoms with Crippen molar-refractivity contribution in [2.45, 2.75) is 38.5 Å². The molecule has 0 unspecified atom stereocenters. The average Bonchev–Trinajstić information content (AvgIpc) is 2.83. The number of nitrogens with zero attached hydrogens (tertiary/aromatic N) is 1. The van der Waals surface area contributed by atoms with Gasteiger partial charge in [0.1, 0.15) is 0 Å². The number of carbonyl (C=O) groups excluding carboxylic acids is 1. The van der Waals surface area contributed by atoms with E-state index in [4.69, 9.17) is 0 Å². The first-order valence-electron chi connectivity index (χ1n) is 6.19. The Morgan fingerprint density at radius 2 is 2.29 bits per heavy atom. The molecule has 0 atom stereocenters. The standard InChI is InChI=1S/C13H18N2OS/c16-13(9-12-7-4-8-17-12)15-14-10-11-5-2-1-3-6-11/h4,7-8,10-11H,1-3,5-6,9H2,(H,15,16)/b14-10+. The molecule has 1 aromatic rings. The molecule has 1 aromatic heterocycles. The zero-order chi connectivity index (χ0) is 11.9. The van der Waals surface area contributed by atoms with Gasteiger partial charge in [0.15, 0.2) is 0 Å². The summed E-state index contributed by atoms with van der Waals surface area (Å²) >= 11 is 1.60. The van der Waals surface area contributed by atoms with Gasteiger partial charge in [-0.2, -0.15) is 5.10 Å². The highest BCUT2D eigenvalue weighted by Gasteiger charge is 2.10. The summed E-state index contributed by atoms with van der Waals surface area (Å²) < 4.78 is 0. The minimum Gasteiger partial charge on any atom is -0.273 e. The van der Waals surface area contributed by atoms with E-state index in [1.54, 1.807) is 11.3 Å². The summed E-state index contributed by atoms with van der Waals surface area (Å²) in [5.74, 6) is 0.533. The topological polar surface area (TPSA) is 41.5 Å². The van der Waals surface area contributed by atoms with Crippen LogP contribution in [-0.4, -0.2) is 12.1 Å². The number of amides is 1. The second kappa shape index (κ2) is 6.55. The molecule has 1 aliphatic carbocycles. The first-order valence-corrected chi connectivity index (χ1v) is 7.07. The highest BCUT2D eigenvalue weighted by Crippen LogP contribution is 2.21. The van der Waals surface area contributed by atoms with E-state index < -0.39 is 0 Å². The van der Waals surface area contributed by atoms with Gasteiger partial charge in [-0.25, -0.2) is 5.43 Å². The van der Waals surface area contributed by atoms with Crippen LogP contribution < -0.4 is 5.43 Å². The van der Waals surface area contributed by atoms with Crippen molar-refractivity contribution in [2.24, 2.45) is 11.0 Å². The molecule has 17 heavy (non-hydrogen) atoms. The van der Waals surface area contributed by atoms with Gasteiger partial charge in [0.05, 0.1) is 6.42 Å². The van der Waals surface area contributed by atoms with Crippen LogP contribution >= 0.6 is 11.3 Å². The first-order chi connectivity index (χ1) is 8.34. The van der Waals surface area contributed by atoms with Crippen molar-refractivity contribution in [1.29, 1.82) is 0 Å². The quantitative estimate of drug-likeness (QED) is 0.648. The number of thiophene rings is 1. The van der Waals surface area contributed by atoms with Crippen LogP contribution in [0.25, 0.3) is 0 Å². The number of rotatable bonds is 4. The van der Waals surface area contributed by atoms with Crippen LogP contribution in [0.3, 0.4) is 0 Å². The molecule has 0 aromatic carbocycles. The van der Waals surface area contributed by atoms with Crippen molar-refractivity contribution in [3.63, 3.8) is 0 Å². The Kier molecular flexibility index (Phi) is 4.74. The van der Waals surface area contributed by atoms with Gasteiger partial charge < -0.3 is 0 Å². The van der Waals surface area contributed by atoms with Crippen LogP contribution in [0, 0.1) is 5.92 Å². The number of carbonyl (C=O) groups is 1. The van der Waals surface area contributed by atoms with Gasteiger partial charge in [0.25, 0.3) is 0 Å². The molecule has 0 saturated heterocycles. The van der Waals surface area contributed by atoms with Crippen molar-refractivity contribution < 1.29 is 4.79 Å². The first kappa shape index (κ1) is 12.3. The Bertz CT molecular complexity index is 367. The molecule has 0 aliphatic heterocycles. The van der Waals surface area contributed by atoms with Crippen LogP contribution in [0.15, 0.2) is 22.6 Å². The fourth-order valence-electron chi connectivity index (χ4n) is 2.11. The molecular formula is C13H18N2OS. The molecule has 1 saturated carbocycles. The van der Waals surface area contributed by atoms with Crippen LogP contribution in [0.1, 0.15) is 37.0 Å². The third-order valence-electron chi connectivity index (χ3n) is 3.04. The Labute approximate surface area is 106 Å². The lowest BCUT2D eigenvalue weighted by Gasteiger charge is -2.16. The lowest BCUT2D eigenvalue weighted by atomic mass is 9.90. The van der Waals surface area contributed by atoms with Gasteiger partial charge in [-0.05, 0) is 30.2 Å². The summed E-state index contributed by atoms with van der Waals surface area (Å²) in [6.45, 7) is 0. The second-order valence-corrected chi connectivity index (χ2v) is 5.50. The van der Waals surface area contributed by atoms with E-state index in [2.05, 4.69) is 10.5 Å². The highest BCUT2D eigenvalue weighted by molar-refractivity contribution is 7.10. The van der Waals surface area contributed by atoms with Gasteiger partial charge in [-0.15, -0.1) is 11.3 Å². The normalized spacial score (nSPS) is 17.4. The molecule has 2 rings (SSSR count). The molecule has 4 heteroatoms. The maximum atomic E-state index is 11.5. The van der Waals surface area contributed by atoms with Crippen LogP contribution in [0.4, 0.5) is 0 Å². The van der Waals surface area contributed by atoms with Crippen molar-refractivity contribution >= 4 is 23.5 Å². The summed E-state index contributed by atoms with van der Waals surface area (Å²) in [7, 11) is 0. The summed E-state index contributed by atoms with van der Waals surface area (Å²) in [6, 6.07) is 3.92. The summed E-state index contributed by atoms with van der Waals surface area (Å²) in [5.41, 5.74) is 2.61. The lowest BCUT2D eigenvalue weighted by Crippen LogP contribution is -2.20. The van der Waals surface area contributed by atoms with Crippen molar-refractivity contribution in [3.8, 4) is 0 Å². The van der Waals surface area contributed by atoms with Crippen LogP contribution in [0.2, 0.25) is 0 Å². The lowest BCUT2D eigenvalue weighted by molar-refractivity contribution is -0.120. The molecule has 1 aliphatic rings. The van der Waals surface area contributed by atoms with Gasteiger partial charge in [-0.3, -0.25) is 4.79 Å². The summed E-state index contributed by atoms with van der Waals surface area (Å²) in [4.78, 5) is 12.6. The highest BCUT2D eigenvalue weighted by atomic mass is 32.1. The zero-order valence-corrected chi connectivity index (χ0v) is 10.7. The monoisotopic (exact) mass is 250 g/mol. The molecule has 1 heterocycles. The van der Waals surface area contributed by atoms with E-state index in [9.17, 15) is 4.79 Å². The van der Waals surface area contributed by atoms with E-state index in [0.717, 1.165) is 4.88 Å². The fourth-order valence-corrected chi connectivity index (χ4v) is 2.81. The second-order valence-electron chi connectivity index (χ2n) is 4.47. The fraction of sp³-hybridized carbons (Fsp3) is 0.538. The maximum absolute atomic E-state index is 11.5.